The highest BCUT2D eigenvalue weighted by Crippen LogP contribution is 2.47. The van der Waals surface area contributed by atoms with Crippen molar-refractivity contribution < 1.29 is 57.1 Å². The first kappa shape index (κ1) is 29.0. The second kappa shape index (κ2) is 13.0. The van der Waals surface area contributed by atoms with Gasteiger partial charge in [0.2, 0.25) is 0 Å². The lowest BCUT2D eigenvalue weighted by molar-refractivity contribution is -0.175. The maximum atomic E-state index is 13.4. The summed E-state index contributed by atoms with van der Waals surface area (Å²) in [6, 6.07) is 0. The van der Waals surface area contributed by atoms with Crippen molar-refractivity contribution in [1.82, 2.24) is 0 Å². The van der Waals surface area contributed by atoms with Gasteiger partial charge in [-0.1, -0.05) is 13.5 Å². The zero-order valence-electron chi connectivity index (χ0n) is 22.8. The van der Waals surface area contributed by atoms with E-state index in [1.807, 2.05) is 0 Å². The Morgan fingerprint density at radius 1 is 0.600 bits per heavy atom. The van der Waals surface area contributed by atoms with E-state index in [1.54, 1.807) is 6.92 Å². The molecule has 5 fully saturated rings. The Bertz CT molecular complexity index is 890. The average Bonchev–Trinajstić information content (AvgIpc) is 3.75. The monoisotopic (exact) mass is 566 g/mol. The summed E-state index contributed by atoms with van der Waals surface area (Å²) in [6.07, 6.45) is 2.29. The largest absolute Gasteiger partial charge is 0.465 e. The molecule has 1 aliphatic carbocycles. The Morgan fingerprint density at radius 2 is 0.875 bits per heavy atom. The van der Waals surface area contributed by atoms with Gasteiger partial charge in [0.1, 0.15) is 0 Å². The second-order valence-electron chi connectivity index (χ2n) is 11.1. The molecular formula is C28H38O12. The van der Waals surface area contributed by atoms with Crippen LogP contribution in [-0.4, -0.2) is 101 Å². The van der Waals surface area contributed by atoms with E-state index in [1.165, 1.54) is 0 Å². The molecule has 0 aromatic rings. The average molecular weight is 567 g/mol. The normalized spacial score (nSPS) is 35.3. The maximum Gasteiger partial charge on any atom is 0.313 e. The van der Waals surface area contributed by atoms with Gasteiger partial charge in [-0.15, -0.1) is 0 Å². The van der Waals surface area contributed by atoms with Gasteiger partial charge in [0.05, 0.1) is 101 Å². The first-order valence-electron chi connectivity index (χ1n) is 14.1. The SMILES string of the molecule is C=C1C(C(=O)OCCC2CO2)[C@H](C(=O)OCCC2CO2)C(C)C(C(=O)OCCC2CO2)[C@@H]1C(=O)OCCC1CO1. The number of ether oxygens (including phenoxy) is 8. The van der Waals surface area contributed by atoms with E-state index in [0.29, 0.717) is 52.1 Å². The Morgan fingerprint density at radius 3 is 1.15 bits per heavy atom. The number of carbonyl (C=O) groups excluding carboxylic acids is 4. The fourth-order valence-corrected chi connectivity index (χ4v) is 5.26. The summed E-state index contributed by atoms with van der Waals surface area (Å²) >= 11 is 0. The van der Waals surface area contributed by atoms with E-state index < -0.39 is 53.5 Å². The fourth-order valence-electron chi connectivity index (χ4n) is 5.26. The topological polar surface area (TPSA) is 155 Å². The summed E-state index contributed by atoms with van der Waals surface area (Å²) < 4.78 is 42.8. The molecule has 222 valence electrons. The van der Waals surface area contributed by atoms with Crippen LogP contribution in [0.5, 0.6) is 0 Å². The van der Waals surface area contributed by atoms with Gasteiger partial charge in [-0.2, -0.15) is 0 Å². The second-order valence-corrected chi connectivity index (χ2v) is 11.1. The number of hydrogen-bond donors (Lipinski definition) is 0. The molecular weight excluding hydrogens is 528 g/mol. The number of rotatable bonds is 16. The lowest BCUT2D eigenvalue weighted by atomic mass is 9.60. The van der Waals surface area contributed by atoms with Crippen LogP contribution < -0.4 is 0 Å². The molecule has 4 saturated heterocycles. The van der Waals surface area contributed by atoms with Gasteiger partial charge >= 0.3 is 23.9 Å². The summed E-state index contributed by atoms with van der Waals surface area (Å²) in [4.78, 5) is 53.7. The fraction of sp³-hybridized carbons (Fsp3) is 0.786. The number of epoxide rings is 4. The summed E-state index contributed by atoms with van der Waals surface area (Å²) in [5.74, 6) is -8.16. The molecule has 9 atom stereocenters. The molecule has 7 unspecified atom stereocenters. The molecule has 0 spiro atoms. The van der Waals surface area contributed by atoms with Crippen LogP contribution in [0, 0.1) is 29.6 Å². The molecule has 12 heteroatoms. The van der Waals surface area contributed by atoms with E-state index >= 15 is 0 Å². The van der Waals surface area contributed by atoms with Crippen molar-refractivity contribution in [3.63, 3.8) is 0 Å². The molecule has 0 bridgehead atoms. The molecule has 40 heavy (non-hydrogen) atoms. The number of carbonyl (C=O) groups is 4. The molecule has 0 N–H and O–H groups in total. The van der Waals surface area contributed by atoms with Crippen molar-refractivity contribution in [1.29, 1.82) is 0 Å². The quantitative estimate of drug-likeness (QED) is 0.113. The summed E-state index contributed by atoms with van der Waals surface area (Å²) in [7, 11) is 0. The van der Waals surface area contributed by atoms with Gasteiger partial charge in [0, 0.05) is 25.7 Å². The molecule has 0 aromatic heterocycles. The third-order valence-electron chi connectivity index (χ3n) is 8.05. The van der Waals surface area contributed by atoms with Gasteiger partial charge in [0.15, 0.2) is 0 Å². The molecule has 0 amide bonds. The Hall–Kier alpha value is -2.54. The highest BCUT2D eigenvalue weighted by molar-refractivity contribution is 5.92. The zero-order chi connectivity index (χ0) is 28.2. The van der Waals surface area contributed by atoms with Crippen LogP contribution in [-0.2, 0) is 57.1 Å². The lowest BCUT2D eigenvalue weighted by Crippen LogP contribution is -2.53. The van der Waals surface area contributed by atoms with Gasteiger partial charge in [-0.05, 0) is 11.5 Å². The van der Waals surface area contributed by atoms with Gasteiger partial charge in [-0.25, -0.2) is 0 Å². The molecule has 1 saturated carbocycles. The van der Waals surface area contributed by atoms with Crippen LogP contribution in [0.2, 0.25) is 0 Å². The van der Waals surface area contributed by atoms with E-state index in [0.717, 1.165) is 0 Å². The van der Waals surface area contributed by atoms with Gasteiger partial charge < -0.3 is 37.9 Å². The van der Waals surface area contributed by atoms with E-state index in [2.05, 4.69) is 6.58 Å². The number of hydrogen-bond acceptors (Lipinski definition) is 12. The summed E-state index contributed by atoms with van der Waals surface area (Å²) in [6.45, 7) is 8.55. The standard InChI is InChI=1S/C28H38O12/c1-15-21(25(29)33-7-3-17-11-37-17)23(27(31)35-9-5-19-13-39-19)16(2)24(28(32)36-10-6-20-14-40-20)22(15)26(30)34-8-4-18-12-38-18/h16-24H,1,3-14H2,2H3/t16?,17?,18?,19?,20?,21-,22?,23?,24-/m1/s1. The minimum absolute atomic E-state index is 0.0463. The van der Waals surface area contributed by atoms with Crippen molar-refractivity contribution in [2.45, 2.75) is 57.0 Å². The highest BCUT2D eigenvalue weighted by atomic mass is 16.6. The molecule has 0 radical (unpaired) electrons. The zero-order valence-corrected chi connectivity index (χ0v) is 22.8. The van der Waals surface area contributed by atoms with Gasteiger partial charge in [-0.3, -0.25) is 19.2 Å². The van der Waals surface area contributed by atoms with Crippen LogP contribution in [0.3, 0.4) is 0 Å². The van der Waals surface area contributed by atoms with Crippen molar-refractivity contribution in [2.24, 2.45) is 29.6 Å². The molecule has 5 aliphatic rings. The predicted molar refractivity (Wildman–Crippen MR) is 134 cm³/mol. The predicted octanol–water partition coefficient (Wildman–Crippen LogP) is 0.986. The molecule has 12 nitrogen and oxygen atoms in total. The molecule has 4 aliphatic heterocycles. The smallest absolute Gasteiger partial charge is 0.313 e. The van der Waals surface area contributed by atoms with Crippen LogP contribution in [0.25, 0.3) is 0 Å². The number of esters is 4. The summed E-state index contributed by atoms with van der Waals surface area (Å²) in [5.41, 5.74) is 0.0818. The Labute approximate surface area is 232 Å². The molecule has 5 rings (SSSR count). The van der Waals surface area contributed by atoms with Crippen molar-refractivity contribution in [3.05, 3.63) is 12.2 Å². The van der Waals surface area contributed by atoms with E-state index in [9.17, 15) is 19.2 Å². The van der Waals surface area contributed by atoms with Crippen LogP contribution in [0.4, 0.5) is 0 Å². The first-order valence-corrected chi connectivity index (χ1v) is 14.1. The maximum absolute atomic E-state index is 13.4. The Kier molecular flexibility index (Phi) is 9.39. The van der Waals surface area contributed by atoms with E-state index in [-0.39, 0.29) is 56.4 Å². The van der Waals surface area contributed by atoms with Crippen LogP contribution >= 0.6 is 0 Å². The summed E-state index contributed by atoms with van der Waals surface area (Å²) in [5, 5.41) is 0. The lowest BCUT2D eigenvalue weighted by Gasteiger charge is -2.43. The molecule has 4 heterocycles. The third-order valence-corrected chi connectivity index (χ3v) is 8.05. The minimum atomic E-state index is -1.20. The van der Waals surface area contributed by atoms with Crippen molar-refractivity contribution in [2.75, 3.05) is 52.9 Å². The van der Waals surface area contributed by atoms with Crippen molar-refractivity contribution >= 4 is 23.9 Å². The van der Waals surface area contributed by atoms with Crippen LogP contribution in [0.15, 0.2) is 12.2 Å². The highest BCUT2D eigenvalue weighted by Gasteiger charge is 2.57. The molecule has 0 aromatic carbocycles. The first-order chi connectivity index (χ1) is 19.3. The third kappa shape index (κ3) is 7.80. The van der Waals surface area contributed by atoms with Crippen LogP contribution in [0.1, 0.15) is 32.6 Å². The van der Waals surface area contributed by atoms with E-state index in [4.69, 9.17) is 37.9 Å². The minimum Gasteiger partial charge on any atom is -0.465 e. The Balaban J connectivity index is 1.34. The van der Waals surface area contributed by atoms with Crippen molar-refractivity contribution in [3.8, 4) is 0 Å². The van der Waals surface area contributed by atoms with Gasteiger partial charge in [0.25, 0.3) is 0 Å².